The zero-order chi connectivity index (χ0) is 19.8. The lowest BCUT2D eigenvalue weighted by atomic mass is 9.80. The second-order valence-electron chi connectivity index (χ2n) is 7.29. The van der Waals surface area contributed by atoms with Gasteiger partial charge in [0, 0.05) is 17.7 Å². The normalized spacial score (nSPS) is 27.8. The number of hydrogen-bond donors (Lipinski definition) is 3. The number of aromatic hydroxyl groups is 1. The summed E-state index contributed by atoms with van der Waals surface area (Å²) in [4.78, 5) is 15.1. The Labute approximate surface area is 160 Å². The number of Topliss-reactive ketones (excluding diaryl/α,β-unsaturated/α-hetero) is 1. The molecule has 8 nitrogen and oxygen atoms in total. The molecule has 2 aromatic carbocycles. The van der Waals surface area contributed by atoms with Crippen LogP contribution in [0.4, 0.5) is 0 Å². The smallest absolute Gasteiger partial charge is 0.231 e. The number of benzene rings is 2. The Hall–Kier alpha value is -2.81. The van der Waals surface area contributed by atoms with Crippen LogP contribution in [0, 0.1) is 0 Å². The molecular weight excluding hydrogens is 366 g/mol. The van der Waals surface area contributed by atoms with E-state index in [2.05, 4.69) is 0 Å². The Balaban J connectivity index is 1.84. The maximum absolute atomic E-state index is 13.6. The average molecular weight is 385 g/mol. The molecule has 8 heteroatoms. The molecule has 2 aliphatic heterocycles. The number of phenolic OH excluding ortho intramolecular Hbond substituents is 1. The molecule has 0 saturated carbocycles. The molecular formula is C20H19NO7. The van der Waals surface area contributed by atoms with E-state index in [1.54, 1.807) is 30.1 Å². The lowest BCUT2D eigenvalue weighted by Gasteiger charge is -2.42. The first-order valence-corrected chi connectivity index (χ1v) is 8.88. The second-order valence-corrected chi connectivity index (χ2v) is 7.29. The minimum absolute atomic E-state index is 0.0413. The van der Waals surface area contributed by atoms with Crippen molar-refractivity contribution in [3.8, 4) is 23.0 Å². The van der Waals surface area contributed by atoms with Crippen molar-refractivity contribution in [3.05, 3.63) is 46.5 Å². The molecule has 3 aliphatic rings. The number of fused-ring (bicyclic) bond motifs is 7. The van der Waals surface area contributed by atoms with Crippen molar-refractivity contribution in [2.24, 2.45) is 0 Å². The largest absolute Gasteiger partial charge is 0.504 e. The minimum Gasteiger partial charge on any atom is -0.504 e. The molecule has 0 bridgehead atoms. The predicted octanol–water partition coefficient (Wildman–Crippen LogP) is 0.847. The van der Waals surface area contributed by atoms with Gasteiger partial charge in [-0.3, -0.25) is 9.69 Å². The number of likely N-dealkylation sites (N-methyl/N-ethyl adjacent to an activating group) is 1. The predicted molar refractivity (Wildman–Crippen MR) is 95.7 cm³/mol. The van der Waals surface area contributed by atoms with E-state index < -0.39 is 17.1 Å². The fourth-order valence-electron chi connectivity index (χ4n) is 4.58. The second kappa shape index (κ2) is 5.38. The molecule has 0 aromatic heterocycles. The average Bonchev–Trinajstić information content (AvgIpc) is 3.21. The fraction of sp³-hybridized carbons (Fsp3) is 0.350. The summed E-state index contributed by atoms with van der Waals surface area (Å²) in [6.45, 7) is 0.321. The van der Waals surface area contributed by atoms with Crippen LogP contribution in [0.1, 0.15) is 27.0 Å². The number of hydrogen-bond acceptors (Lipinski definition) is 8. The Morgan fingerprint density at radius 3 is 2.71 bits per heavy atom. The van der Waals surface area contributed by atoms with E-state index in [1.807, 2.05) is 0 Å². The van der Waals surface area contributed by atoms with Gasteiger partial charge >= 0.3 is 0 Å². The molecule has 0 amide bonds. The van der Waals surface area contributed by atoms with E-state index in [0.29, 0.717) is 24.3 Å². The first-order chi connectivity index (χ1) is 13.3. The monoisotopic (exact) mass is 385 g/mol. The van der Waals surface area contributed by atoms with Gasteiger partial charge in [0.05, 0.1) is 12.7 Å². The quantitative estimate of drug-likeness (QED) is 0.663. The van der Waals surface area contributed by atoms with Crippen LogP contribution in [0.3, 0.4) is 0 Å². The van der Waals surface area contributed by atoms with Gasteiger partial charge in [0.2, 0.25) is 18.2 Å². The molecule has 2 unspecified atom stereocenters. The standard InChI is InChI=1S/C20H19NO7/c1-21-6-5-10-7-15(26-2)13(22)8-12(10)19(24)18(23)16-11(20(19,21)25)3-4-14-17(16)28-9-27-14/h3-4,7-8,22,24-25H,5-6,9H2,1-2H3. The molecule has 0 fully saturated rings. The van der Waals surface area contributed by atoms with E-state index >= 15 is 0 Å². The Morgan fingerprint density at radius 1 is 1.18 bits per heavy atom. The van der Waals surface area contributed by atoms with Crippen LogP contribution >= 0.6 is 0 Å². The van der Waals surface area contributed by atoms with Gasteiger partial charge in [-0.25, -0.2) is 0 Å². The summed E-state index contributed by atoms with van der Waals surface area (Å²) in [6.07, 6.45) is 0.445. The molecule has 0 radical (unpaired) electrons. The zero-order valence-electron chi connectivity index (χ0n) is 15.4. The van der Waals surface area contributed by atoms with Gasteiger partial charge in [-0.1, -0.05) is 0 Å². The SMILES string of the molecule is COc1cc2c(cc1O)C1(O)C(=O)c3c(ccc4c3OCO4)C1(O)N(C)CC2. The Bertz CT molecular complexity index is 1040. The van der Waals surface area contributed by atoms with Gasteiger partial charge in [0.25, 0.3) is 0 Å². The highest BCUT2D eigenvalue weighted by Gasteiger charge is 2.68. The van der Waals surface area contributed by atoms with Crippen LogP contribution in [-0.2, 0) is 17.7 Å². The molecule has 28 heavy (non-hydrogen) atoms. The number of carbonyl (C=O) groups excluding carboxylic acids is 1. The van der Waals surface area contributed by atoms with Crippen LogP contribution < -0.4 is 14.2 Å². The number of carbonyl (C=O) groups is 1. The summed E-state index contributed by atoms with van der Waals surface area (Å²) in [5.41, 5.74) is -3.28. The molecule has 1 aliphatic carbocycles. The summed E-state index contributed by atoms with van der Waals surface area (Å²) >= 11 is 0. The van der Waals surface area contributed by atoms with Gasteiger partial charge in [-0.05, 0) is 43.3 Å². The van der Waals surface area contributed by atoms with E-state index in [9.17, 15) is 20.1 Å². The molecule has 2 atom stereocenters. The van der Waals surface area contributed by atoms with Crippen LogP contribution in [0.25, 0.3) is 0 Å². The van der Waals surface area contributed by atoms with Crippen molar-refractivity contribution in [2.75, 3.05) is 27.5 Å². The van der Waals surface area contributed by atoms with Crippen molar-refractivity contribution >= 4 is 5.78 Å². The summed E-state index contributed by atoms with van der Waals surface area (Å²) in [6, 6.07) is 6.06. The highest BCUT2D eigenvalue weighted by Crippen LogP contribution is 2.58. The molecule has 3 N–H and O–H groups in total. The third kappa shape index (κ3) is 1.78. The molecule has 0 saturated heterocycles. The van der Waals surface area contributed by atoms with Crippen molar-refractivity contribution in [3.63, 3.8) is 0 Å². The number of ether oxygens (including phenoxy) is 3. The highest BCUT2D eigenvalue weighted by atomic mass is 16.7. The number of rotatable bonds is 1. The van der Waals surface area contributed by atoms with Gasteiger partial charge in [-0.2, -0.15) is 0 Å². The molecule has 0 spiro atoms. The van der Waals surface area contributed by atoms with Gasteiger partial charge < -0.3 is 29.5 Å². The lowest BCUT2D eigenvalue weighted by Crippen LogP contribution is -2.57. The van der Waals surface area contributed by atoms with E-state index in [1.165, 1.54) is 13.2 Å². The number of nitrogens with zero attached hydrogens (tertiary/aromatic N) is 1. The van der Waals surface area contributed by atoms with Crippen LogP contribution in [-0.4, -0.2) is 53.5 Å². The highest BCUT2D eigenvalue weighted by molar-refractivity contribution is 6.11. The minimum atomic E-state index is -2.33. The van der Waals surface area contributed by atoms with Gasteiger partial charge in [0.15, 0.2) is 28.7 Å². The zero-order valence-corrected chi connectivity index (χ0v) is 15.4. The van der Waals surface area contributed by atoms with Crippen LogP contribution in [0.15, 0.2) is 24.3 Å². The lowest BCUT2D eigenvalue weighted by molar-refractivity contribution is -0.208. The number of methoxy groups -OCH3 is 1. The summed E-state index contributed by atoms with van der Waals surface area (Å²) < 4.78 is 16.0. The topological polar surface area (TPSA) is 109 Å². The van der Waals surface area contributed by atoms with Crippen molar-refractivity contribution in [2.45, 2.75) is 17.7 Å². The van der Waals surface area contributed by atoms with E-state index in [-0.39, 0.29) is 40.7 Å². The molecule has 2 heterocycles. The van der Waals surface area contributed by atoms with Crippen LogP contribution in [0.5, 0.6) is 23.0 Å². The maximum Gasteiger partial charge on any atom is 0.231 e. The fourth-order valence-corrected chi connectivity index (χ4v) is 4.58. The first kappa shape index (κ1) is 17.3. The van der Waals surface area contributed by atoms with Gasteiger partial charge in [0.1, 0.15) is 0 Å². The third-order valence-electron chi connectivity index (χ3n) is 6.04. The van der Waals surface area contributed by atoms with Crippen molar-refractivity contribution in [1.29, 1.82) is 0 Å². The van der Waals surface area contributed by atoms with Crippen molar-refractivity contribution < 1.29 is 34.3 Å². The summed E-state index contributed by atoms with van der Waals surface area (Å²) in [5, 5.41) is 33.9. The molecule has 146 valence electrons. The first-order valence-electron chi connectivity index (χ1n) is 8.88. The summed E-state index contributed by atoms with van der Waals surface area (Å²) in [7, 11) is 3.06. The summed E-state index contributed by atoms with van der Waals surface area (Å²) in [5.74, 6) is -0.0978. The number of phenols is 1. The number of ketones is 1. The molecule has 2 aromatic rings. The number of aliphatic hydroxyl groups is 2. The Kier molecular flexibility index (Phi) is 3.32. The van der Waals surface area contributed by atoms with Crippen LogP contribution in [0.2, 0.25) is 0 Å². The van der Waals surface area contributed by atoms with E-state index in [4.69, 9.17) is 14.2 Å². The third-order valence-corrected chi connectivity index (χ3v) is 6.04. The van der Waals surface area contributed by atoms with Crippen molar-refractivity contribution in [1.82, 2.24) is 4.90 Å². The Morgan fingerprint density at radius 2 is 1.96 bits per heavy atom. The van der Waals surface area contributed by atoms with Gasteiger partial charge in [-0.15, -0.1) is 0 Å². The van der Waals surface area contributed by atoms with E-state index in [0.717, 1.165) is 0 Å². The molecule has 5 rings (SSSR count). The maximum atomic E-state index is 13.6.